The predicted molar refractivity (Wildman–Crippen MR) is 79.1 cm³/mol. The molecule has 0 atom stereocenters. The number of nitrogens with zero attached hydrogens (tertiary/aromatic N) is 1. The van der Waals surface area contributed by atoms with Crippen LogP contribution in [0, 0.1) is 0 Å². The number of methoxy groups -OCH3 is 2. The molecule has 0 bridgehead atoms. The number of amides is 1. The van der Waals surface area contributed by atoms with Crippen LogP contribution in [-0.4, -0.2) is 57.8 Å². The summed E-state index contributed by atoms with van der Waals surface area (Å²) < 4.78 is 16.2. The van der Waals surface area contributed by atoms with Crippen LogP contribution in [0.2, 0.25) is 0 Å². The molecule has 1 aromatic rings. The fourth-order valence-corrected chi connectivity index (χ4v) is 2.27. The Kier molecular flexibility index (Phi) is 5.68. The number of hydrogen-bond donors (Lipinski definition) is 1. The van der Waals surface area contributed by atoms with E-state index in [9.17, 15) is 4.79 Å². The zero-order valence-corrected chi connectivity index (χ0v) is 12.6. The van der Waals surface area contributed by atoms with Crippen LogP contribution >= 0.6 is 0 Å². The summed E-state index contributed by atoms with van der Waals surface area (Å²) in [5.74, 6) is 1.86. The highest BCUT2D eigenvalue weighted by molar-refractivity contribution is 5.76. The summed E-state index contributed by atoms with van der Waals surface area (Å²) in [6, 6.07) is 5.43. The normalized spacial score (nSPS) is 14.7. The molecule has 6 heteroatoms. The Morgan fingerprint density at radius 1 is 1.19 bits per heavy atom. The zero-order valence-electron chi connectivity index (χ0n) is 12.6. The fraction of sp³-hybridized carbons (Fsp3) is 0.533. The molecule has 0 saturated carbocycles. The molecule has 1 aliphatic heterocycles. The van der Waals surface area contributed by atoms with Crippen molar-refractivity contribution >= 4 is 5.91 Å². The van der Waals surface area contributed by atoms with Gasteiger partial charge in [0.2, 0.25) is 11.7 Å². The fourth-order valence-electron chi connectivity index (χ4n) is 2.27. The van der Waals surface area contributed by atoms with Crippen LogP contribution in [0.25, 0.3) is 0 Å². The summed E-state index contributed by atoms with van der Waals surface area (Å²) in [6.07, 6.45) is 0.348. The van der Waals surface area contributed by atoms with Crippen molar-refractivity contribution in [3.05, 3.63) is 18.2 Å². The van der Waals surface area contributed by atoms with Gasteiger partial charge in [0.1, 0.15) is 0 Å². The van der Waals surface area contributed by atoms with Crippen LogP contribution in [0.1, 0.15) is 6.42 Å². The molecule has 1 aromatic carbocycles. The molecule has 116 valence electrons. The van der Waals surface area contributed by atoms with E-state index in [0.29, 0.717) is 30.3 Å². The van der Waals surface area contributed by atoms with E-state index in [0.717, 1.165) is 26.2 Å². The van der Waals surface area contributed by atoms with Gasteiger partial charge in [-0.2, -0.15) is 0 Å². The second-order valence-electron chi connectivity index (χ2n) is 4.72. The predicted octanol–water partition coefficient (Wildman–Crippen LogP) is 0.904. The molecule has 1 fully saturated rings. The lowest BCUT2D eigenvalue weighted by Crippen LogP contribution is -2.46. The number of para-hydroxylation sites is 1. The molecule has 0 spiro atoms. The Hall–Kier alpha value is -1.95. The minimum Gasteiger partial charge on any atom is -0.493 e. The van der Waals surface area contributed by atoms with Gasteiger partial charge in [-0.15, -0.1) is 0 Å². The molecule has 2 rings (SSSR count). The molecular weight excluding hydrogens is 272 g/mol. The third-order valence-electron chi connectivity index (χ3n) is 3.41. The smallest absolute Gasteiger partial charge is 0.226 e. The maximum absolute atomic E-state index is 12.1. The second kappa shape index (κ2) is 7.73. The SMILES string of the molecule is COc1cccc(OC)c1OCCC(=O)N1CCNCC1. The number of carbonyl (C=O) groups excluding carboxylic acids is 1. The summed E-state index contributed by atoms with van der Waals surface area (Å²) in [4.78, 5) is 13.9. The largest absolute Gasteiger partial charge is 0.493 e. The molecule has 1 aliphatic rings. The van der Waals surface area contributed by atoms with Crippen LogP contribution in [0.3, 0.4) is 0 Å². The van der Waals surface area contributed by atoms with Crippen molar-refractivity contribution in [3.63, 3.8) is 0 Å². The van der Waals surface area contributed by atoms with Crippen LogP contribution in [0.15, 0.2) is 18.2 Å². The van der Waals surface area contributed by atoms with E-state index in [4.69, 9.17) is 14.2 Å². The molecular formula is C15H22N2O4. The number of carbonyl (C=O) groups is 1. The van der Waals surface area contributed by atoms with Gasteiger partial charge in [-0.25, -0.2) is 0 Å². The summed E-state index contributed by atoms with van der Waals surface area (Å²) in [5.41, 5.74) is 0. The molecule has 6 nitrogen and oxygen atoms in total. The van der Waals surface area contributed by atoms with Crippen LogP contribution < -0.4 is 19.5 Å². The first-order valence-electron chi connectivity index (χ1n) is 7.08. The van der Waals surface area contributed by atoms with Gasteiger partial charge in [0.25, 0.3) is 0 Å². The molecule has 1 saturated heterocycles. The average Bonchev–Trinajstić information content (AvgIpc) is 2.55. The van der Waals surface area contributed by atoms with Gasteiger partial charge in [-0.3, -0.25) is 4.79 Å². The standard InChI is InChI=1S/C15H22N2O4/c1-19-12-4-3-5-13(20-2)15(12)21-11-6-14(18)17-9-7-16-8-10-17/h3-5,16H,6-11H2,1-2H3. The van der Waals surface area contributed by atoms with Gasteiger partial charge in [-0.05, 0) is 12.1 Å². The molecule has 1 N–H and O–H groups in total. The first-order valence-corrected chi connectivity index (χ1v) is 7.08. The number of rotatable bonds is 6. The lowest BCUT2D eigenvalue weighted by atomic mass is 10.3. The van der Waals surface area contributed by atoms with Crippen molar-refractivity contribution in [1.82, 2.24) is 10.2 Å². The summed E-state index contributed by atoms with van der Waals surface area (Å²) in [6.45, 7) is 3.53. The lowest BCUT2D eigenvalue weighted by Gasteiger charge is -2.27. The Morgan fingerprint density at radius 3 is 2.38 bits per heavy atom. The van der Waals surface area contributed by atoms with Crippen LogP contribution in [0.4, 0.5) is 0 Å². The van der Waals surface area contributed by atoms with Crippen molar-refractivity contribution in [2.45, 2.75) is 6.42 Å². The highest BCUT2D eigenvalue weighted by Gasteiger charge is 2.17. The van der Waals surface area contributed by atoms with Crippen molar-refractivity contribution < 1.29 is 19.0 Å². The van der Waals surface area contributed by atoms with E-state index in [-0.39, 0.29) is 5.91 Å². The van der Waals surface area contributed by atoms with Crippen LogP contribution in [0.5, 0.6) is 17.2 Å². The van der Waals surface area contributed by atoms with Gasteiger partial charge >= 0.3 is 0 Å². The Balaban J connectivity index is 1.89. The minimum atomic E-state index is 0.116. The van der Waals surface area contributed by atoms with Crippen molar-refractivity contribution in [2.75, 3.05) is 47.0 Å². The number of ether oxygens (including phenoxy) is 3. The topological polar surface area (TPSA) is 60.0 Å². The highest BCUT2D eigenvalue weighted by Crippen LogP contribution is 2.36. The van der Waals surface area contributed by atoms with Gasteiger partial charge in [0.05, 0.1) is 27.2 Å². The Bertz CT molecular complexity index is 450. The van der Waals surface area contributed by atoms with Crippen LogP contribution in [-0.2, 0) is 4.79 Å². The van der Waals surface area contributed by atoms with E-state index in [1.165, 1.54) is 0 Å². The van der Waals surface area contributed by atoms with Crippen molar-refractivity contribution in [1.29, 1.82) is 0 Å². The quantitative estimate of drug-likeness (QED) is 0.845. The molecule has 0 aromatic heterocycles. The Labute approximate surface area is 125 Å². The van der Waals surface area contributed by atoms with Crippen molar-refractivity contribution in [3.8, 4) is 17.2 Å². The maximum atomic E-state index is 12.1. The summed E-state index contributed by atoms with van der Waals surface area (Å²) in [7, 11) is 3.15. The number of piperazine rings is 1. The third-order valence-corrected chi connectivity index (χ3v) is 3.41. The van der Waals surface area contributed by atoms with Gasteiger partial charge < -0.3 is 24.4 Å². The van der Waals surface area contributed by atoms with Gasteiger partial charge in [0.15, 0.2) is 11.5 Å². The molecule has 1 amide bonds. The maximum Gasteiger partial charge on any atom is 0.226 e. The molecule has 0 unspecified atom stereocenters. The van der Waals surface area contributed by atoms with Gasteiger partial charge in [-0.1, -0.05) is 6.07 Å². The average molecular weight is 294 g/mol. The Morgan fingerprint density at radius 2 is 1.81 bits per heavy atom. The molecule has 0 radical (unpaired) electrons. The van der Waals surface area contributed by atoms with Gasteiger partial charge in [0, 0.05) is 26.2 Å². The monoisotopic (exact) mass is 294 g/mol. The highest BCUT2D eigenvalue weighted by atomic mass is 16.5. The number of nitrogens with one attached hydrogen (secondary N) is 1. The molecule has 1 heterocycles. The molecule has 0 aliphatic carbocycles. The lowest BCUT2D eigenvalue weighted by molar-refractivity contribution is -0.132. The second-order valence-corrected chi connectivity index (χ2v) is 4.72. The number of hydrogen-bond acceptors (Lipinski definition) is 5. The zero-order chi connectivity index (χ0) is 15.1. The molecule has 21 heavy (non-hydrogen) atoms. The minimum absolute atomic E-state index is 0.116. The first kappa shape index (κ1) is 15.4. The van der Waals surface area contributed by atoms with E-state index < -0.39 is 0 Å². The van der Waals surface area contributed by atoms with E-state index in [1.807, 2.05) is 11.0 Å². The first-order chi connectivity index (χ1) is 10.3. The van der Waals surface area contributed by atoms with E-state index in [1.54, 1.807) is 26.4 Å². The van der Waals surface area contributed by atoms with E-state index in [2.05, 4.69) is 5.32 Å². The summed E-state index contributed by atoms with van der Waals surface area (Å²) in [5, 5.41) is 3.22. The number of benzene rings is 1. The van der Waals surface area contributed by atoms with E-state index >= 15 is 0 Å². The third kappa shape index (κ3) is 4.01. The summed E-state index contributed by atoms with van der Waals surface area (Å²) >= 11 is 0. The van der Waals surface area contributed by atoms with Crippen molar-refractivity contribution in [2.24, 2.45) is 0 Å².